The first kappa shape index (κ1) is 10.0. The van der Waals surface area contributed by atoms with Crippen LogP contribution in [0.5, 0.6) is 0 Å². The van der Waals surface area contributed by atoms with E-state index in [1.165, 1.54) is 0 Å². The summed E-state index contributed by atoms with van der Waals surface area (Å²) in [7, 11) is 0. The zero-order valence-corrected chi connectivity index (χ0v) is 8.11. The summed E-state index contributed by atoms with van der Waals surface area (Å²) in [5.74, 6) is 0. The van der Waals surface area contributed by atoms with Gasteiger partial charge in [0, 0.05) is 12.6 Å². The molecule has 0 radical (unpaired) electrons. The molecule has 1 atom stereocenters. The third kappa shape index (κ3) is 4.48. The highest BCUT2D eigenvalue weighted by Gasteiger charge is 2.00. The summed E-state index contributed by atoms with van der Waals surface area (Å²) in [6.07, 6.45) is 17.9. The molecule has 1 rings (SSSR count). The first-order valence-corrected chi connectivity index (χ1v) is 4.78. The lowest BCUT2D eigenvalue weighted by Crippen LogP contribution is -2.27. The number of allylic oxidation sites excluding steroid dienone is 5. The van der Waals surface area contributed by atoms with Crippen LogP contribution >= 0.6 is 0 Å². The van der Waals surface area contributed by atoms with Gasteiger partial charge in [-0.05, 0) is 13.3 Å². The van der Waals surface area contributed by atoms with E-state index in [9.17, 15) is 0 Å². The first-order valence-electron chi connectivity index (χ1n) is 4.78. The van der Waals surface area contributed by atoms with Crippen molar-refractivity contribution < 1.29 is 0 Å². The lowest BCUT2D eigenvalue weighted by molar-refractivity contribution is 0.637. The molecule has 0 saturated heterocycles. The fourth-order valence-electron chi connectivity index (χ4n) is 1.21. The van der Waals surface area contributed by atoms with Crippen molar-refractivity contribution in [3.63, 3.8) is 0 Å². The first-order chi connectivity index (χ1) is 6.43. The number of hydrogen-bond acceptors (Lipinski definition) is 1. The van der Waals surface area contributed by atoms with E-state index < -0.39 is 0 Å². The van der Waals surface area contributed by atoms with Crippen molar-refractivity contribution in [2.24, 2.45) is 0 Å². The Morgan fingerprint density at radius 3 is 3.00 bits per heavy atom. The van der Waals surface area contributed by atoms with Crippen molar-refractivity contribution >= 4 is 0 Å². The zero-order valence-electron chi connectivity index (χ0n) is 8.11. The molecular formula is C12H17N. The van der Waals surface area contributed by atoms with Crippen LogP contribution in [0.1, 0.15) is 13.3 Å². The Hall–Kier alpha value is -1.08. The minimum absolute atomic E-state index is 0.514. The van der Waals surface area contributed by atoms with Crippen LogP contribution in [0.4, 0.5) is 0 Å². The molecule has 0 aromatic heterocycles. The van der Waals surface area contributed by atoms with Gasteiger partial charge in [-0.1, -0.05) is 48.6 Å². The second-order valence-corrected chi connectivity index (χ2v) is 3.02. The Kier molecular flexibility index (Phi) is 4.95. The van der Waals surface area contributed by atoms with Gasteiger partial charge in [0.1, 0.15) is 0 Å². The van der Waals surface area contributed by atoms with E-state index in [1.54, 1.807) is 0 Å². The van der Waals surface area contributed by atoms with E-state index in [2.05, 4.69) is 41.8 Å². The van der Waals surface area contributed by atoms with Crippen LogP contribution in [0.25, 0.3) is 0 Å². The molecule has 0 spiro atoms. The predicted molar refractivity (Wildman–Crippen MR) is 58.6 cm³/mol. The summed E-state index contributed by atoms with van der Waals surface area (Å²) in [4.78, 5) is 0. The zero-order chi connectivity index (χ0) is 9.36. The number of nitrogens with one attached hydrogen (secondary N) is 1. The molecule has 0 bridgehead atoms. The van der Waals surface area contributed by atoms with E-state index in [4.69, 9.17) is 0 Å². The molecule has 1 heteroatoms. The smallest absolute Gasteiger partial charge is 0.0290 e. The molecule has 1 nitrogen and oxygen atoms in total. The Morgan fingerprint density at radius 1 is 1.38 bits per heavy atom. The van der Waals surface area contributed by atoms with Crippen LogP contribution in [0, 0.1) is 0 Å². The summed E-state index contributed by atoms with van der Waals surface area (Å²) in [6.45, 7) is 2.96. The van der Waals surface area contributed by atoms with Gasteiger partial charge in [0.05, 0.1) is 0 Å². The highest BCUT2D eigenvalue weighted by molar-refractivity contribution is 5.14. The van der Waals surface area contributed by atoms with Gasteiger partial charge in [0.2, 0.25) is 0 Å². The maximum absolute atomic E-state index is 3.42. The molecule has 0 amide bonds. The van der Waals surface area contributed by atoms with Gasteiger partial charge in [-0.15, -0.1) is 0 Å². The summed E-state index contributed by atoms with van der Waals surface area (Å²) < 4.78 is 0. The van der Waals surface area contributed by atoms with Gasteiger partial charge in [-0.3, -0.25) is 0 Å². The van der Waals surface area contributed by atoms with Gasteiger partial charge < -0.3 is 5.32 Å². The largest absolute Gasteiger partial charge is 0.307 e. The third-order valence-corrected chi connectivity index (χ3v) is 1.92. The van der Waals surface area contributed by atoms with Gasteiger partial charge in [0.25, 0.3) is 0 Å². The predicted octanol–water partition coefficient (Wildman–Crippen LogP) is 2.59. The Labute approximate surface area is 80.5 Å². The van der Waals surface area contributed by atoms with Gasteiger partial charge in [-0.25, -0.2) is 0 Å². The standard InChI is InChI=1S/C12H17N/c1-2-3-4-8-11-13-12-9-6-5-7-10-12/h2-9,12-13H,10-11H2,1H3/b3-2-,8-4-. The number of hydrogen-bond donors (Lipinski definition) is 1. The monoisotopic (exact) mass is 175 g/mol. The molecule has 0 aromatic carbocycles. The van der Waals surface area contributed by atoms with Crippen molar-refractivity contribution in [3.05, 3.63) is 48.6 Å². The van der Waals surface area contributed by atoms with Crippen molar-refractivity contribution in [3.8, 4) is 0 Å². The minimum atomic E-state index is 0.514. The van der Waals surface area contributed by atoms with E-state index in [1.807, 2.05) is 19.1 Å². The second kappa shape index (κ2) is 6.44. The summed E-state index contributed by atoms with van der Waals surface area (Å²) in [5, 5.41) is 3.42. The van der Waals surface area contributed by atoms with Crippen molar-refractivity contribution in [1.29, 1.82) is 0 Å². The average molecular weight is 175 g/mol. The lowest BCUT2D eigenvalue weighted by atomic mass is 10.1. The Balaban J connectivity index is 2.12. The molecule has 1 unspecified atom stereocenters. The Bertz CT molecular complexity index is 234. The molecule has 1 aliphatic rings. The van der Waals surface area contributed by atoms with Crippen molar-refractivity contribution in [1.82, 2.24) is 5.32 Å². The topological polar surface area (TPSA) is 12.0 Å². The highest BCUT2D eigenvalue weighted by atomic mass is 14.9. The van der Waals surface area contributed by atoms with Crippen LogP contribution in [0.3, 0.4) is 0 Å². The maximum atomic E-state index is 3.42. The normalized spacial score (nSPS) is 22.1. The fraction of sp³-hybridized carbons (Fsp3) is 0.333. The van der Waals surface area contributed by atoms with Gasteiger partial charge >= 0.3 is 0 Å². The quantitative estimate of drug-likeness (QED) is 0.648. The van der Waals surface area contributed by atoms with E-state index in [0.29, 0.717) is 6.04 Å². The van der Waals surface area contributed by atoms with E-state index >= 15 is 0 Å². The molecule has 0 heterocycles. The second-order valence-electron chi connectivity index (χ2n) is 3.02. The molecule has 70 valence electrons. The fourth-order valence-corrected chi connectivity index (χ4v) is 1.21. The van der Waals surface area contributed by atoms with Crippen LogP contribution in [0.15, 0.2) is 48.6 Å². The summed E-state index contributed by atoms with van der Waals surface area (Å²) in [6, 6.07) is 0.514. The lowest BCUT2D eigenvalue weighted by Gasteiger charge is -2.12. The van der Waals surface area contributed by atoms with Gasteiger partial charge in [0.15, 0.2) is 0 Å². The molecule has 0 saturated carbocycles. The van der Waals surface area contributed by atoms with Crippen molar-refractivity contribution in [2.75, 3.05) is 6.54 Å². The summed E-state index contributed by atoms with van der Waals surface area (Å²) in [5.41, 5.74) is 0. The number of rotatable bonds is 4. The van der Waals surface area contributed by atoms with E-state index in [-0.39, 0.29) is 0 Å². The van der Waals surface area contributed by atoms with Crippen LogP contribution in [-0.2, 0) is 0 Å². The minimum Gasteiger partial charge on any atom is -0.307 e. The maximum Gasteiger partial charge on any atom is 0.0290 e. The molecule has 1 N–H and O–H groups in total. The highest BCUT2D eigenvalue weighted by Crippen LogP contribution is 2.01. The SMILES string of the molecule is C/C=C\C=C/CNC1C=CC=CC1. The van der Waals surface area contributed by atoms with Crippen LogP contribution < -0.4 is 5.32 Å². The third-order valence-electron chi connectivity index (χ3n) is 1.92. The Morgan fingerprint density at radius 2 is 2.31 bits per heavy atom. The summed E-state index contributed by atoms with van der Waals surface area (Å²) >= 11 is 0. The molecule has 13 heavy (non-hydrogen) atoms. The van der Waals surface area contributed by atoms with Crippen molar-refractivity contribution in [2.45, 2.75) is 19.4 Å². The molecule has 0 aromatic rings. The van der Waals surface area contributed by atoms with Crippen LogP contribution in [-0.4, -0.2) is 12.6 Å². The van der Waals surface area contributed by atoms with Gasteiger partial charge in [-0.2, -0.15) is 0 Å². The molecular weight excluding hydrogens is 158 g/mol. The molecule has 0 aliphatic heterocycles. The van der Waals surface area contributed by atoms with Crippen LogP contribution in [0.2, 0.25) is 0 Å². The molecule has 0 fully saturated rings. The average Bonchev–Trinajstić information content (AvgIpc) is 2.19. The van der Waals surface area contributed by atoms with E-state index in [0.717, 1.165) is 13.0 Å². The molecule has 1 aliphatic carbocycles.